The third-order valence-electron chi connectivity index (χ3n) is 2.25. The van der Waals surface area contributed by atoms with E-state index in [2.05, 4.69) is 33.1 Å². The van der Waals surface area contributed by atoms with Crippen LogP contribution in [-0.2, 0) is 6.54 Å². The number of hydrogen-bond acceptors (Lipinski definition) is 2. The van der Waals surface area contributed by atoms with Gasteiger partial charge in [-0.1, -0.05) is 22.0 Å². The van der Waals surface area contributed by atoms with E-state index in [9.17, 15) is 0 Å². The summed E-state index contributed by atoms with van der Waals surface area (Å²) in [5, 5.41) is 0. The molecule has 2 N–H and O–H groups in total. The van der Waals surface area contributed by atoms with Gasteiger partial charge in [-0.3, -0.25) is 4.99 Å². The van der Waals surface area contributed by atoms with Crippen molar-refractivity contribution in [1.82, 2.24) is 0 Å². The molecule has 0 radical (unpaired) electrons. The molecule has 0 aromatic heterocycles. The van der Waals surface area contributed by atoms with Crippen LogP contribution in [0.15, 0.2) is 27.7 Å². The molecule has 1 unspecified atom stereocenters. The lowest BCUT2D eigenvalue weighted by molar-refractivity contribution is 0.767. The first kappa shape index (κ1) is 8.91. The molecule has 0 saturated heterocycles. The van der Waals surface area contributed by atoms with E-state index in [-0.39, 0.29) is 6.04 Å². The maximum absolute atomic E-state index is 5.99. The second-order valence-electron chi connectivity index (χ2n) is 3.21. The number of halogens is 1. The zero-order valence-corrected chi connectivity index (χ0v) is 8.79. The highest BCUT2D eigenvalue weighted by atomic mass is 79.9. The molecule has 1 aliphatic rings. The van der Waals surface area contributed by atoms with E-state index in [0.717, 1.165) is 17.4 Å². The molecule has 2 rings (SSSR count). The van der Waals surface area contributed by atoms with Crippen LogP contribution < -0.4 is 5.73 Å². The Hall–Kier alpha value is -0.670. The Kier molecular flexibility index (Phi) is 2.47. The lowest BCUT2D eigenvalue weighted by atomic mass is 10.0. The van der Waals surface area contributed by atoms with Crippen molar-refractivity contribution >= 4 is 22.1 Å². The van der Waals surface area contributed by atoms with Gasteiger partial charge in [-0.15, -0.1) is 0 Å². The van der Waals surface area contributed by atoms with Crippen LogP contribution in [0.5, 0.6) is 0 Å². The lowest BCUT2D eigenvalue weighted by Crippen LogP contribution is -2.11. The van der Waals surface area contributed by atoms with E-state index in [1.807, 2.05) is 12.3 Å². The Morgan fingerprint density at radius 1 is 1.46 bits per heavy atom. The van der Waals surface area contributed by atoms with Gasteiger partial charge in [0.15, 0.2) is 0 Å². The number of fused-ring (bicyclic) bond motifs is 1. The summed E-state index contributed by atoms with van der Waals surface area (Å²) in [6.45, 7) is 0.752. The summed E-state index contributed by atoms with van der Waals surface area (Å²) in [7, 11) is 0. The summed E-state index contributed by atoms with van der Waals surface area (Å²) < 4.78 is 1.09. The van der Waals surface area contributed by atoms with Crippen molar-refractivity contribution in [2.75, 3.05) is 0 Å². The Morgan fingerprint density at radius 2 is 2.31 bits per heavy atom. The molecule has 0 saturated carbocycles. The van der Waals surface area contributed by atoms with Gasteiger partial charge in [0.1, 0.15) is 0 Å². The molecule has 1 atom stereocenters. The van der Waals surface area contributed by atoms with Crippen LogP contribution in [0.1, 0.15) is 23.6 Å². The fourth-order valence-electron chi connectivity index (χ4n) is 1.55. The first-order chi connectivity index (χ1) is 6.27. The highest BCUT2D eigenvalue weighted by Crippen LogP contribution is 2.24. The predicted octanol–water partition coefficient (Wildman–Crippen LogP) is 2.42. The van der Waals surface area contributed by atoms with Crippen molar-refractivity contribution in [2.24, 2.45) is 10.7 Å². The summed E-state index contributed by atoms with van der Waals surface area (Å²) in [6.07, 6.45) is 2.76. The molecule has 0 amide bonds. The molecule has 1 aliphatic heterocycles. The van der Waals surface area contributed by atoms with Crippen LogP contribution >= 0.6 is 15.9 Å². The van der Waals surface area contributed by atoms with Gasteiger partial charge < -0.3 is 5.73 Å². The zero-order chi connectivity index (χ0) is 9.26. The van der Waals surface area contributed by atoms with Gasteiger partial charge in [0.05, 0.1) is 6.54 Å². The number of aliphatic imine (C=N–C) groups is 1. The van der Waals surface area contributed by atoms with E-state index in [0.29, 0.717) is 0 Å². The number of nitrogens with two attached hydrogens (primary N) is 1. The summed E-state index contributed by atoms with van der Waals surface area (Å²) >= 11 is 3.44. The topological polar surface area (TPSA) is 38.4 Å². The van der Waals surface area contributed by atoms with Gasteiger partial charge in [-0.25, -0.2) is 0 Å². The minimum absolute atomic E-state index is 0.106. The predicted molar refractivity (Wildman–Crippen MR) is 57.9 cm³/mol. The number of nitrogens with zero attached hydrogens (tertiary/aromatic N) is 1. The minimum Gasteiger partial charge on any atom is -0.324 e. The largest absolute Gasteiger partial charge is 0.324 e. The first-order valence-electron chi connectivity index (χ1n) is 4.29. The molecular formula is C10H11BrN2. The SMILES string of the molecule is NC1CC=NCc2cc(Br)ccc21. The van der Waals surface area contributed by atoms with E-state index < -0.39 is 0 Å². The van der Waals surface area contributed by atoms with Crippen molar-refractivity contribution < 1.29 is 0 Å². The molecule has 3 heteroatoms. The van der Waals surface area contributed by atoms with Crippen LogP contribution in [0.25, 0.3) is 0 Å². The maximum atomic E-state index is 5.99. The smallest absolute Gasteiger partial charge is 0.0639 e. The number of rotatable bonds is 0. The quantitative estimate of drug-likeness (QED) is 0.741. The lowest BCUT2D eigenvalue weighted by Gasteiger charge is -2.11. The third kappa shape index (κ3) is 1.81. The summed E-state index contributed by atoms with van der Waals surface area (Å²) in [4.78, 5) is 4.28. The minimum atomic E-state index is 0.106. The summed E-state index contributed by atoms with van der Waals surface area (Å²) in [6, 6.07) is 6.31. The van der Waals surface area contributed by atoms with Crippen molar-refractivity contribution in [2.45, 2.75) is 19.0 Å². The van der Waals surface area contributed by atoms with Crippen molar-refractivity contribution in [3.05, 3.63) is 33.8 Å². The monoisotopic (exact) mass is 238 g/mol. The first-order valence-corrected chi connectivity index (χ1v) is 5.09. The molecule has 0 spiro atoms. The van der Waals surface area contributed by atoms with E-state index >= 15 is 0 Å². The van der Waals surface area contributed by atoms with Crippen molar-refractivity contribution in [3.8, 4) is 0 Å². The maximum Gasteiger partial charge on any atom is 0.0639 e. The Morgan fingerprint density at radius 3 is 3.15 bits per heavy atom. The molecule has 0 bridgehead atoms. The van der Waals surface area contributed by atoms with Gasteiger partial charge >= 0.3 is 0 Å². The van der Waals surface area contributed by atoms with Crippen LogP contribution in [0, 0.1) is 0 Å². The molecule has 0 fully saturated rings. The van der Waals surface area contributed by atoms with Gasteiger partial charge in [0.2, 0.25) is 0 Å². The highest BCUT2D eigenvalue weighted by molar-refractivity contribution is 9.10. The molecule has 1 aromatic carbocycles. The number of hydrogen-bond donors (Lipinski definition) is 1. The molecule has 2 nitrogen and oxygen atoms in total. The Bertz CT molecular complexity index is 347. The molecule has 0 aliphatic carbocycles. The molecule has 13 heavy (non-hydrogen) atoms. The standard InChI is InChI=1S/C10H11BrN2/c11-8-1-2-9-7(5-8)6-13-4-3-10(9)12/h1-2,4-5,10H,3,6,12H2. The Balaban J connectivity index is 2.48. The van der Waals surface area contributed by atoms with Gasteiger partial charge in [0.25, 0.3) is 0 Å². The normalized spacial score (nSPS) is 20.9. The van der Waals surface area contributed by atoms with Gasteiger partial charge in [-0.2, -0.15) is 0 Å². The summed E-state index contributed by atoms with van der Waals surface area (Å²) in [5.74, 6) is 0. The van der Waals surface area contributed by atoms with E-state index in [4.69, 9.17) is 5.73 Å². The fraction of sp³-hybridized carbons (Fsp3) is 0.300. The van der Waals surface area contributed by atoms with Crippen molar-refractivity contribution in [1.29, 1.82) is 0 Å². The molecular weight excluding hydrogens is 228 g/mol. The molecule has 1 aromatic rings. The average molecular weight is 239 g/mol. The molecule has 1 heterocycles. The zero-order valence-electron chi connectivity index (χ0n) is 7.20. The van der Waals surface area contributed by atoms with E-state index in [1.54, 1.807) is 0 Å². The second-order valence-corrected chi connectivity index (χ2v) is 4.12. The fourth-order valence-corrected chi connectivity index (χ4v) is 1.96. The second kappa shape index (κ2) is 3.60. The number of benzene rings is 1. The van der Waals surface area contributed by atoms with Gasteiger partial charge in [-0.05, 0) is 23.3 Å². The van der Waals surface area contributed by atoms with Gasteiger partial charge in [0, 0.05) is 23.1 Å². The van der Waals surface area contributed by atoms with E-state index in [1.165, 1.54) is 11.1 Å². The summed E-state index contributed by atoms with van der Waals surface area (Å²) in [5.41, 5.74) is 8.44. The molecule has 68 valence electrons. The average Bonchev–Trinajstić information content (AvgIpc) is 2.28. The third-order valence-corrected chi connectivity index (χ3v) is 2.75. The highest BCUT2D eigenvalue weighted by Gasteiger charge is 2.12. The van der Waals surface area contributed by atoms with Crippen LogP contribution in [0.4, 0.5) is 0 Å². The van der Waals surface area contributed by atoms with Crippen LogP contribution in [-0.4, -0.2) is 6.21 Å². The van der Waals surface area contributed by atoms with Crippen molar-refractivity contribution in [3.63, 3.8) is 0 Å². The Labute approximate surface area is 86.0 Å². The van der Waals surface area contributed by atoms with Crippen LogP contribution in [0.2, 0.25) is 0 Å². The van der Waals surface area contributed by atoms with Crippen LogP contribution in [0.3, 0.4) is 0 Å².